The second-order valence-electron chi connectivity index (χ2n) is 4.01. The number of benzene rings is 1. The predicted octanol–water partition coefficient (Wildman–Crippen LogP) is 1.83. The van der Waals surface area contributed by atoms with Gasteiger partial charge in [0.2, 0.25) is 0 Å². The summed E-state index contributed by atoms with van der Waals surface area (Å²) in [6.45, 7) is 3.47. The molecule has 5 nitrogen and oxygen atoms in total. The topological polar surface area (TPSA) is 67.8 Å². The van der Waals surface area contributed by atoms with Gasteiger partial charge in [-0.1, -0.05) is 6.07 Å². The van der Waals surface area contributed by atoms with Crippen molar-refractivity contribution in [1.82, 2.24) is 5.32 Å². The van der Waals surface area contributed by atoms with Crippen LogP contribution in [0.3, 0.4) is 0 Å². The van der Waals surface area contributed by atoms with Crippen molar-refractivity contribution >= 4 is 5.97 Å². The minimum absolute atomic E-state index is 0.0619. The van der Waals surface area contributed by atoms with E-state index in [2.05, 4.69) is 5.32 Å². The SMILES string of the molecule is CNC(C)c1ccc(OC)cc1OC(C)C(=O)O. The molecular weight excluding hydrogens is 234 g/mol. The van der Waals surface area contributed by atoms with Gasteiger partial charge in [0.25, 0.3) is 0 Å². The summed E-state index contributed by atoms with van der Waals surface area (Å²) in [4.78, 5) is 10.8. The van der Waals surface area contributed by atoms with Crippen LogP contribution in [-0.2, 0) is 4.79 Å². The van der Waals surface area contributed by atoms with Crippen molar-refractivity contribution < 1.29 is 19.4 Å². The van der Waals surface area contributed by atoms with Crippen molar-refractivity contribution in [3.05, 3.63) is 23.8 Å². The first-order valence-corrected chi connectivity index (χ1v) is 5.74. The molecule has 1 aromatic rings. The van der Waals surface area contributed by atoms with Crippen LogP contribution in [0.15, 0.2) is 18.2 Å². The number of hydrogen-bond donors (Lipinski definition) is 2. The van der Waals surface area contributed by atoms with Crippen molar-refractivity contribution in [2.75, 3.05) is 14.2 Å². The Morgan fingerprint density at radius 1 is 1.39 bits per heavy atom. The Bertz CT molecular complexity index is 419. The van der Waals surface area contributed by atoms with Crippen molar-refractivity contribution in [3.63, 3.8) is 0 Å². The van der Waals surface area contributed by atoms with Gasteiger partial charge in [-0.05, 0) is 27.0 Å². The third kappa shape index (κ3) is 3.37. The highest BCUT2D eigenvalue weighted by molar-refractivity contribution is 5.72. The highest BCUT2D eigenvalue weighted by Crippen LogP contribution is 2.30. The molecule has 1 aromatic carbocycles. The zero-order valence-electron chi connectivity index (χ0n) is 11.1. The van der Waals surface area contributed by atoms with Crippen LogP contribution in [0.1, 0.15) is 25.5 Å². The summed E-state index contributed by atoms with van der Waals surface area (Å²) in [5.74, 6) is 0.154. The Hall–Kier alpha value is -1.75. The molecule has 0 aliphatic heterocycles. The molecule has 2 atom stereocenters. The molecule has 2 N–H and O–H groups in total. The number of nitrogens with one attached hydrogen (secondary N) is 1. The van der Waals surface area contributed by atoms with Crippen molar-refractivity contribution in [2.24, 2.45) is 0 Å². The number of carboxylic acids is 1. The number of rotatable bonds is 6. The monoisotopic (exact) mass is 253 g/mol. The van der Waals surface area contributed by atoms with Crippen LogP contribution in [0.5, 0.6) is 11.5 Å². The summed E-state index contributed by atoms with van der Waals surface area (Å²) in [6.07, 6.45) is -0.903. The molecule has 0 aliphatic rings. The van der Waals surface area contributed by atoms with Gasteiger partial charge in [0, 0.05) is 17.7 Å². The Balaban J connectivity index is 3.07. The number of methoxy groups -OCH3 is 1. The molecule has 0 heterocycles. The Morgan fingerprint density at radius 3 is 2.56 bits per heavy atom. The van der Waals surface area contributed by atoms with Crippen molar-refractivity contribution in [1.29, 1.82) is 0 Å². The molecule has 0 aromatic heterocycles. The van der Waals surface area contributed by atoms with E-state index in [-0.39, 0.29) is 6.04 Å². The molecule has 0 aliphatic carbocycles. The van der Waals surface area contributed by atoms with E-state index in [4.69, 9.17) is 14.6 Å². The second kappa shape index (κ2) is 6.26. The zero-order chi connectivity index (χ0) is 13.7. The van der Waals surface area contributed by atoms with Crippen molar-refractivity contribution in [3.8, 4) is 11.5 Å². The van der Waals surface area contributed by atoms with E-state index in [1.54, 1.807) is 13.2 Å². The molecule has 2 unspecified atom stereocenters. The zero-order valence-corrected chi connectivity index (χ0v) is 11.1. The molecular formula is C13H19NO4. The average molecular weight is 253 g/mol. The van der Waals surface area contributed by atoms with Crippen LogP contribution >= 0.6 is 0 Å². The number of ether oxygens (including phenoxy) is 2. The lowest BCUT2D eigenvalue weighted by Gasteiger charge is -2.19. The van der Waals surface area contributed by atoms with E-state index >= 15 is 0 Å². The van der Waals surface area contributed by atoms with E-state index in [1.807, 2.05) is 26.1 Å². The number of aliphatic carboxylic acids is 1. The minimum atomic E-state index is -0.999. The molecule has 1 rings (SSSR count). The fraction of sp³-hybridized carbons (Fsp3) is 0.462. The molecule has 0 amide bonds. The summed E-state index contributed by atoms with van der Waals surface area (Å²) in [7, 11) is 3.39. The Morgan fingerprint density at radius 2 is 2.06 bits per heavy atom. The third-order valence-electron chi connectivity index (χ3n) is 2.77. The Labute approximate surface area is 107 Å². The summed E-state index contributed by atoms with van der Waals surface area (Å²) >= 11 is 0. The van der Waals surface area contributed by atoms with Gasteiger partial charge in [0.15, 0.2) is 6.10 Å². The number of hydrogen-bond acceptors (Lipinski definition) is 4. The standard InChI is InChI=1S/C13H19NO4/c1-8(14-3)11-6-5-10(17-4)7-12(11)18-9(2)13(15)16/h5-9,14H,1-4H3,(H,15,16). The highest BCUT2D eigenvalue weighted by atomic mass is 16.5. The van der Waals surface area contributed by atoms with Gasteiger partial charge in [-0.3, -0.25) is 0 Å². The normalized spacial score (nSPS) is 13.8. The number of carboxylic acid groups (broad SMARTS) is 1. The van der Waals surface area contributed by atoms with Crippen LogP contribution in [0, 0.1) is 0 Å². The first-order valence-electron chi connectivity index (χ1n) is 5.74. The lowest BCUT2D eigenvalue weighted by molar-refractivity contribution is -0.144. The van der Waals surface area contributed by atoms with Gasteiger partial charge in [0.1, 0.15) is 11.5 Å². The smallest absolute Gasteiger partial charge is 0.344 e. The van der Waals surface area contributed by atoms with Gasteiger partial charge in [-0.25, -0.2) is 4.79 Å². The first kappa shape index (κ1) is 14.3. The van der Waals surface area contributed by atoms with Crippen LogP contribution in [-0.4, -0.2) is 31.3 Å². The minimum Gasteiger partial charge on any atom is -0.497 e. The molecule has 0 saturated carbocycles. The largest absolute Gasteiger partial charge is 0.497 e. The molecule has 0 spiro atoms. The van der Waals surface area contributed by atoms with Crippen LogP contribution < -0.4 is 14.8 Å². The fourth-order valence-electron chi connectivity index (χ4n) is 1.50. The molecule has 0 bridgehead atoms. The van der Waals surface area contributed by atoms with Gasteiger partial charge in [-0.15, -0.1) is 0 Å². The highest BCUT2D eigenvalue weighted by Gasteiger charge is 2.17. The lowest BCUT2D eigenvalue weighted by atomic mass is 10.1. The van der Waals surface area contributed by atoms with E-state index in [0.29, 0.717) is 11.5 Å². The van der Waals surface area contributed by atoms with Gasteiger partial charge < -0.3 is 19.9 Å². The van der Waals surface area contributed by atoms with Crippen LogP contribution in [0.25, 0.3) is 0 Å². The summed E-state index contributed by atoms with van der Waals surface area (Å²) in [6, 6.07) is 5.44. The maximum absolute atomic E-state index is 10.8. The fourth-order valence-corrected chi connectivity index (χ4v) is 1.50. The van der Waals surface area contributed by atoms with Crippen molar-refractivity contribution in [2.45, 2.75) is 26.0 Å². The second-order valence-corrected chi connectivity index (χ2v) is 4.01. The van der Waals surface area contributed by atoms with E-state index in [9.17, 15) is 4.79 Å². The summed E-state index contributed by atoms with van der Waals surface area (Å²) in [5, 5.41) is 12.0. The van der Waals surface area contributed by atoms with Crippen LogP contribution in [0.4, 0.5) is 0 Å². The quantitative estimate of drug-likeness (QED) is 0.809. The van der Waals surface area contributed by atoms with E-state index < -0.39 is 12.1 Å². The van der Waals surface area contributed by atoms with Crippen LogP contribution in [0.2, 0.25) is 0 Å². The maximum Gasteiger partial charge on any atom is 0.344 e. The first-order chi connectivity index (χ1) is 8.49. The van der Waals surface area contributed by atoms with E-state index in [1.165, 1.54) is 6.92 Å². The molecule has 5 heteroatoms. The average Bonchev–Trinajstić information content (AvgIpc) is 2.37. The van der Waals surface area contributed by atoms with E-state index in [0.717, 1.165) is 5.56 Å². The van der Waals surface area contributed by atoms with Gasteiger partial charge >= 0.3 is 5.97 Å². The molecule has 0 saturated heterocycles. The van der Waals surface area contributed by atoms with Gasteiger partial charge in [-0.2, -0.15) is 0 Å². The Kier molecular flexibility index (Phi) is 4.97. The molecule has 0 radical (unpaired) electrons. The molecule has 18 heavy (non-hydrogen) atoms. The third-order valence-corrected chi connectivity index (χ3v) is 2.77. The summed E-state index contributed by atoms with van der Waals surface area (Å²) in [5.41, 5.74) is 0.895. The lowest BCUT2D eigenvalue weighted by Crippen LogP contribution is -2.24. The molecule has 100 valence electrons. The van der Waals surface area contributed by atoms with Gasteiger partial charge in [0.05, 0.1) is 7.11 Å². The maximum atomic E-state index is 10.8. The molecule has 0 fully saturated rings. The predicted molar refractivity (Wildman–Crippen MR) is 68.2 cm³/mol. The number of carbonyl (C=O) groups is 1. The summed E-state index contributed by atoms with van der Waals surface area (Å²) < 4.78 is 10.6.